The number of carbonyl (C=O) groups excluding carboxylic acids is 2. The van der Waals surface area contributed by atoms with Crippen molar-refractivity contribution in [3.05, 3.63) is 33.8 Å². The Morgan fingerprint density at radius 1 is 1.06 bits per heavy atom. The van der Waals surface area contributed by atoms with E-state index in [-0.39, 0.29) is 63.7 Å². The average Bonchev–Trinajstić information content (AvgIpc) is 3.53. The van der Waals surface area contributed by atoms with Crippen LogP contribution in [0.2, 0.25) is 10.0 Å². The number of rotatable bonds is 4. The third kappa shape index (κ3) is 4.79. The number of carboxylic acid groups (broad SMARTS) is 1. The van der Waals surface area contributed by atoms with E-state index in [0.717, 1.165) is 5.56 Å². The van der Waals surface area contributed by atoms with Gasteiger partial charge in [0, 0.05) is 45.1 Å². The van der Waals surface area contributed by atoms with Gasteiger partial charge >= 0.3 is 12.3 Å². The third-order valence-electron chi connectivity index (χ3n) is 7.61. The summed E-state index contributed by atoms with van der Waals surface area (Å²) < 4.78 is 40.0. The van der Waals surface area contributed by atoms with Crippen molar-refractivity contribution in [2.45, 2.75) is 43.8 Å². The van der Waals surface area contributed by atoms with Crippen LogP contribution in [-0.4, -0.2) is 83.2 Å². The molecule has 0 aromatic heterocycles. The Balaban J connectivity index is 1.43. The molecular formula is C23H26Cl2F3N3O4. The number of benzene rings is 1. The van der Waals surface area contributed by atoms with E-state index < -0.39 is 35.6 Å². The summed E-state index contributed by atoms with van der Waals surface area (Å²) in [5, 5.41) is 10.2. The fourth-order valence-electron chi connectivity index (χ4n) is 5.21. The molecular weight excluding hydrogens is 510 g/mol. The number of halogens is 5. The SMILES string of the molecule is CN(C(=O)O)[C@@H]1CN(C(=O)C2CCN(C(=O)C3(C(F)(F)F)CC3)CC2)C[C@H]1c1ccc(Cl)c(Cl)c1. The molecule has 1 aromatic carbocycles. The van der Waals surface area contributed by atoms with E-state index in [1.807, 2.05) is 0 Å². The molecule has 4 rings (SSSR count). The number of piperidine rings is 1. The van der Waals surface area contributed by atoms with Crippen LogP contribution < -0.4 is 0 Å². The van der Waals surface area contributed by atoms with Crippen molar-refractivity contribution in [2.75, 3.05) is 33.2 Å². The van der Waals surface area contributed by atoms with Gasteiger partial charge in [0.25, 0.3) is 0 Å². The van der Waals surface area contributed by atoms with Gasteiger partial charge in [0.15, 0.2) is 0 Å². The van der Waals surface area contributed by atoms with Crippen molar-refractivity contribution in [2.24, 2.45) is 11.3 Å². The van der Waals surface area contributed by atoms with E-state index in [0.29, 0.717) is 10.0 Å². The van der Waals surface area contributed by atoms with Crippen molar-refractivity contribution >= 4 is 41.1 Å². The molecule has 0 bridgehead atoms. The van der Waals surface area contributed by atoms with Crippen LogP contribution in [0.25, 0.3) is 0 Å². The molecule has 3 aliphatic rings. The second-order valence-electron chi connectivity index (χ2n) is 9.63. The van der Waals surface area contributed by atoms with Crippen LogP contribution in [0, 0.1) is 11.3 Å². The second-order valence-corrected chi connectivity index (χ2v) is 10.4. The van der Waals surface area contributed by atoms with Gasteiger partial charge in [-0.25, -0.2) is 4.79 Å². The number of hydrogen-bond donors (Lipinski definition) is 1. The molecule has 35 heavy (non-hydrogen) atoms. The van der Waals surface area contributed by atoms with Crippen LogP contribution >= 0.6 is 23.2 Å². The lowest BCUT2D eigenvalue weighted by molar-refractivity contribution is -0.199. The molecule has 192 valence electrons. The van der Waals surface area contributed by atoms with E-state index >= 15 is 0 Å². The Morgan fingerprint density at radius 3 is 2.20 bits per heavy atom. The maximum Gasteiger partial charge on any atom is 0.407 e. The molecule has 0 radical (unpaired) electrons. The zero-order chi connectivity index (χ0) is 25.7. The third-order valence-corrected chi connectivity index (χ3v) is 8.34. The van der Waals surface area contributed by atoms with Crippen LogP contribution in [0.5, 0.6) is 0 Å². The molecule has 1 aromatic rings. The van der Waals surface area contributed by atoms with E-state index in [1.165, 1.54) is 16.8 Å². The summed E-state index contributed by atoms with van der Waals surface area (Å²) in [5.74, 6) is -1.83. The van der Waals surface area contributed by atoms with Crippen LogP contribution in [0.4, 0.5) is 18.0 Å². The average molecular weight is 536 g/mol. The van der Waals surface area contributed by atoms with Gasteiger partial charge in [-0.3, -0.25) is 9.59 Å². The largest absolute Gasteiger partial charge is 0.465 e. The van der Waals surface area contributed by atoms with Crippen molar-refractivity contribution in [3.8, 4) is 0 Å². The molecule has 1 saturated carbocycles. The first-order chi connectivity index (χ1) is 16.4. The maximum atomic E-state index is 13.3. The molecule has 2 aliphatic heterocycles. The van der Waals surface area contributed by atoms with Gasteiger partial charge in [-0.15, -0.1) is 0 Å². The Bertz CT molecular complexity index is 1030. The Labute approximate surface area is 210 Å². The lowest BCUT2D eigenvalue weighted by Gasteiger charge is -2.35. The number of nitrogens with zero attached hydrogens (tertiary/aromatic N) is 3. The van der Waals surface area contributed by atoms with Gasteiger partial charge in [0.05, 0.1) is 16.1 Å². The monoisotopic (exact) mass is 535 g/mol. The Morgan fingerprint density at radius 2 is 1.69 bits per heavy atom. The van der Waals surface area contributed by atoms with Crippen LogP contribution in [0.3, 0.4) is 0 Å². The molecule has 3 amide bonds. The quantitative estimate of drug-likeness (QED) is 0.616. The molecule has 2 heterocycles. The topological polar surface area (TPSA) is 81.2 Å². The summed E-state index contributed by atoms with van der Waals surface area (Å²) in [7, 11) is 1.45. The van der Waals surface area contributed by atoms with Gasteiger partial charge in [0.2, 0.25) is 11.8 Å². The lowest BCUT2D eigenvalue weighted by atomic mass is 9.93. The van der Waals surface area contributed by atoms with Crippen molar-refractivity contribution in [1.82, 2.24) is 14.7 Å². The number of alkyl halides is 3. The fourth-order valence-corrected chi connectivity index (χ4v) is 5.51. The minimum atomic E-state index is -4.56. The van der Waals surface area contributed by atoms with E-state index in [9.17, 15) is 32.7 Å². The summed E-state index contributed by atoms with van der Waals surface area (Å²) >= 11 is 12.2. The number of likely N-dealkylation sites (N-methyl/N-ethyl adjacent to an activating group) is 1. The molecule has 12 heteroatoms. The highest BCUT2D eigenvalue weighted by Gasteiger charge is 2.69. The van der Waals surface area contributed by atoms with Gasteiger partial charge in [-0.05, 0) is 43.4 Å². The first-order valence-corrected chi connectivity index (χ1v) is 12.2. The summed E-state index contributed by atoms with van der Waals surface area (Å²) in [6.45, 7) is 0.642. The Hall–Kier alpha value is -2.20. The zero-order valence-corrected chi connectivity index (χ0v) is 20.5. The number of amides is 3. The van der Waals surface area contributed by atoms with Gasteiger partial charge in [-0.1, -0.05) is 29.3 Å². The molecule has 0 spiro atoms. The number of likely N-dealkylation sites (tertiary alicyclic amines) is 2. The molecule has 0 unspecified atom stereocenters. The van der Waals surface area contributed by atoms with E-state index in [1.54, 1.807) is 23.1 Å². The van der Waals surface area contributed by atoms with E-state index in [2.05, 4.69) is 0 Å². The highest BCUT2D eigenvalue weighted by Crippen LogP contribution is 2.58. The smallest absolute Gasteiger partial charge is 0.407 e. The zero-order valence-electron chi connectivity index (χ0n) is 19.0. The van der Waals surface area contributed by atoms with Crippen LogP contribution in [0.15, 0.2) is 18.2 Å². The Kier molecular flexibility index (Phi) is 6.91. The normalized spacial score (nSPS) is 24.4. The van der Waals surface area contributed by atoms with Crippen molar-refractivity contribution in [3.63, 3.8) is 0 Å². The molecule has 1 N–H and O–H groups in total. The molecule has 1 aliphatic carbocycles. The van der Waals surface area contributed by atoms with Crippen LogP contribution in [-0.2, 0) is 9.59 Å². The second kappa shape index (κ2) is 9.35. The van der Waals surface area contributed by atoms with Gasteiger partial charge < -0.3 is 19.8 Å². The predicted octanol–water partition coefficient (Wildman–Crippen LogP) is 4.48. The fraction of sp³-hybridized carbons (Fsp3) is 0.609. The lowest BCUT2D eigenvalue weighted by Crippen LogP contribution is -2.49. The predicted molar refractivity (Wildman–Crippen MR) is 122 cm³/mol. The summed E-state index contributed by atoms with van der Waals surface area (Å²) in [4.78, 5) is 41.5. The highest BCUT2D eigenvalue weighted by molar-refractivity contribution is 6.42. The number of hydrogen-bond acceptors (Lipinski definition) is 3. The van der Waals surface area contributed by atoms with Crippen molar-refractivity contribution in [1.29, 1.82) is 0 Å². The maximum absolute atomic E-state index is 13.3. The van der Waals surface area contributed by atoms with E-state index in [4.69, 9.17) is 23.2 Å². The first-order valence-electron chi connectivity index (χ1n) is 11.4. The summed E-state index contributed by atoms with van der Waals surface area (Å²) in [6, 6.07) is 4.55. The van der Waals surface area contributed by atoms with Gasteiger partial charge in [-0.2, -0.15) is 13.2 Å². The molecule has 3 fully saturated rings. The molecule has 7 nitrogen and oxygen atoms in total. The standard InChI is InChI=1S/C23H26Cl2F3N3O4/c1-29(21(34)35)18-12-31(11-15(18)14-2-3-16(24)17(25)10-14)19(32)13-4-8-30(9-5-13)20(33)22(6-7-22)23(26,27)28/h2-3,10,13,15,18H,4-9,11-12H2,1H3,(H,34,35)/t15-,18+/m0/s1. The number of carbonyl (C=O) groups is 3. The van der Waals surface area contributed by atoms with Crippen LogP contribution in [0.1, 0.15) is 37.2 Å². The minimum absolute atomic E-state index is 0.0928. The minimum Gasteiger partial charge on any atom is -0.465 e. The molecule has 2 atom stereocenters. The highest BCUT2D eigenvalue weighted by atomic mass is 35.5. The summed E-state index contributed by atoms with van der Waals surface area (Å²) in [6.07, 6.45) is -5.51. The first kappa shape index (κ1) is 25.9. The summed E-state index contributed by atoms with van der Waals surface area (Å²) in [5.41, 5.74) is -1.49. The van der Waals surface area contributed by atoms with Crippen molar-refractivity contribution < 1.29 is 32.7 Å². The molecule has 2 saturated heterocycles. The van der Waals surface area contributed by atoms with Gasteiger partial charge in [0.1, 0.15) is 5.41 Å².